The Morgan fingerprint density at radius 1 is 1.03 bits per heavy atom. The average Bonchev–Trinajstić information content (AvgIpc) is 2.83. The lowest BCUT2D eigenvalue weighted by molar-refractivity contribution is -0.277. The zero-order valence-electron chi connectivity index (χ0n) is 18.0. The van der Waals surface area contributed by atoms with Gasteiger partial charge >= 0.3 is 5.97 Å². The lowest BCUT2D eigenvalue weighted by atomic mass is 9.99. The molecule has 33 heavy (non-hydrogen) atoms. The van der Waals surface area contributed by atoms with Gasteiger partial charge in [-0.2, -0.15) is 0 Å². The third-order valence-corrected chi connectivity index (χ3v) is 5.11. The Kier molecular flexibility index (Phi) is 8.37. The van der Waals surface area contributed by atoms with E-state index in [2.05, 4.69) is 5.32 Å². The molecule has 2 aromatic carbocycles. The molecular weight excluding hydrogens is 434 g/mol. The highest BCUT2D eigenvalue weighted by molar-refractivity contribution is 5.97. The van der Waals surface area contributed by atoms with Gasteiger partial charge in [0.05, 0.1) is 13.2 Å². The topological polar surface area (TPSA) is 155 Å². The van der Waals surface area contributed by atoms with Crippen LogP contribution >= 0.6 is 0 Å². The minimum absolute atomic E-state index is 0.218. The molecule has 178 valence electrons. The highest BCUT2D eigenvalue weighted by atomic mass is 16.7. The molecule has 1 aliphatic heterocycles. The van der Waals surface area contributed by atoms with Gasteiger partial charge in [0.1, 0.15) is 36.7 Å². The highest BCUT2D eigenvalue weighted by Crippen LogP contribution is 2.33. The molecule has 0 bridgehead atoms. The summed E-state index contributed by atoms with van der Waals surface area (Å²) >= 11 is 0. The second kappa shape index (κ2) is 11.2. The molecule has 1 saturated heterocycles. The van der Waals surface area contributed by atoms with Crippen molar-refractivity contribution in [2.45, 2.75) is 37.6 Å². The van der Waals surface area contributed by atoms with E-state index in [-0.39, 0.29) is 18.9 Å². The molecule has 2 aromatic rings. The van der Waals surface area contributed by atoms with Crippen LogP contribution in [-0.4, -0.2) is 82.8 Å². The maximum Gasteiger partial charge on any atom is 0.325 e. The first-order valence-corrected chi connectivity index (χ1v) is 10.5. The second-order valence-electron chi connectivity index (χ2n) is 7.38. The third-order valence-electron chi connectivity index (χ3n) is 5.11. The maximum absolute atomic E-state index is 12.4. The van der Waals surface area contributed by atoms with Gasteiger partial charge in [0, 0.05) is 11.1 Å². The van der Waals surface area contributed by atoms with Crippen LogP contribution in [0.15, 0.2) is 48.5 Å². The van der Waals surface area contributed by atoms with Crippen LogP contribution in [-0.2, 0) is 14.3 Å². The van der Waals surface area contributed by atoms with E-state index in [1.807, 2.05) is 0 Å². The predicted octanol–water partition coefficient (Wildman–Crippen LogP) is -0.175. The molecule has 1 amide bonds. The number of rotatable bonds is 8. The number of nitrogens with one attached hydrogen (secondary N) is 1. The first-order chi connectivity index (χ1) is 15.8. The fraction of sp³-hybridized carbons (Fsp3) is 0.391. The van der Waals surface area contributed by atoms with Crippen LogP contribution < -0.4 is 10.1 Å². The Labute approximate surface area is 190 Å². The molecule has 10 nitrogen and oxygen atoms in total. The van der Waals surface area contributed by atoms with Crippen molar-refractivity contribution < 1.29 is 44.2 Å². The van der Waals surface area contributed by atoms with Crippen LogP contribution in [0.2, 0.25) is 0 Å². The first-order valence-electron chi connectivity index (χ1n) is 10.5. The standard InChI is InChI=1S/C23H27NO9/c1-2-31-18(26)11-24-22(30)14-7-5-6-13(10-14)15-8-3-4-9-16(15)32-23-21(29)20(28)19(27)17(12-25)33-23/h3-10,17,19-21,23,25,27-29H,2,11-12H2,1H3,(H,24,30)/t17-,19-,20+,21+,23+/m1/s1. The summed E-state index contributed by atoms with van der Waals surface area (Å²) in [4.78, 5) is 23.9. The van der Waals surface area contributed by atoms with Crippen molar-refractivity contribution in [2.75, 3.05) is 19.8 Å². The van der Waals surface area contributed by atoms with E-state index in [0.29, 0.717) is 16.7 Å². The lowest BCUT2D eigenvalue weighted by Crippen LogP contribution is -2.60. The largest absolute Gasteiger partial charge is 0.465 e. The van der Waals surface area contributed by atoms with Gasteiger partial charge in [0.15, 0.2) is 0 Å². The Bertz CT molecular complexity index is 964. The van der Waals surface area contributed by atoms with Crippen LogP contribution in [0, 0.1) is 0 Å². The monoisotopic (exact) mass is 461 g/mol. The van der Waals surface area contributed by atoms with Gasteiger partial charge in [-0.25, -0.2) is 0 Å². The molecule has 1 fully saturated rings. The molecule has 0 saturated carbocycles. The van der Waals surface area contributed by atoms with Crippen LogP contribution in [0.5, 0.6) is 5.75 Å². The van der Waals surface area contributed by atoms with Gasteiger partial charge in [0.2, 0.25) is 6.29 Å². The van der Waals surface area contributed by atoms with Gasteiger partial charge in [-0.05, 0) is 30.7 Å². The maximum atomic E-state index is 12.4. The summed E-state index contributed by atoms with van der Waals surface area (Å²) in [6, 6.07) is 13.4. The Balaban J connectivity index is 1.80. The summed E-state index contributed by atoms with van der Waals surface area (Å²) in [5, 5.41) is 42.1. The van der Waals surface area contributed by atoms with E-state index < -0.39 is 49.2 Å². The van der Waals surface area contributed by atoms with Gasteiger partial charge in [0.25, 0.3) is 5.91 Å². The summed E-state index contributed by atoms with van der Waals surface area (Å²) in [5.41, 5.74) is 1.48. The molecule has 0 unspecified atom stereocenters. The number of hydrogen-bond donors (Lipinski definition) is 5. The third kappa shape index (κ3) is 5.86. The van der Waals surface area contributed by atoms with Crippen molar-refractivity contribution in [1.82, 2.24) is 5.32 Å². The van der Waals surface area contributed by atoms with E-state index in [0.717, 1.165) is 0 Å². The van der Waals surface area contributed by atoms with E-state index in [1.54, 1.807) is 55.5 Å². The first kappa shape index (κ1) is 24.6. The van der Waals surface area contributed by atoms with Crippen molar-refractivity contribution in [3.8, 4) is 16.9 Å². The molecule has 0 spiro atoms. The van der Waals surface area contributed by atoms with E-state index in [4.69, 9.17) is 14.2 Å². The van der Waals surface area contributed by atoms with Crippen LogP contribution in [0.3, 0.4) is 0 Å². The fourth-order valence-corrected chi connectivity index (χ4v) is 3.39. The number of para-hydroxylation sites is 1. The zero-order chi connectivity index (χ0) is 24.0. The van der Waals surface area contributed by atoms with Gasteiger partial charge in [-0.1, -0.05) is 30.3 Å². The zero-order valence-corrected chi connectivity index (χ0v) is 18.0. The van der Waals surface area contributed by atoms with Gasteiger partial charge < -0.3 is 40.0 Å². The molecule has 5 N–H and O–H groups in total. The highest BCUT2D eigenvalue weighted by Gasteiger charge is 2.44. The van der Waals surface area contributed by atoms with Crippen molar-refractivity contribution in [2.24, 2.45) is 0 Å². The summed E-state index contributed by atoms with van der Waals surface area (Å²) in [7, 11) is 0. The number of aliphatic hydroxyl groups excluding tert-OH is 4. The number of ether oxygens (including phenoxy) is 3. The van der Waals surface area contributed by atoms with Crippen molar-refractivity contribution in [3.05, 3.63) is 54.1 Å². The number of carbonyl (C=O) groups excluding carboxylic acids is 2. The van der Waals surface area contributed by atoms with Crippen LogP contribution in [0.25, 0.3) is 11.1 Å². The number of carbonyl (C=O) groups is 2. The summed E-state index contributed by atoms with van der Waals surface area (Å²) < 4.78 is 16.0. The molecular formula is C23H27NO9. The molecule has 0 radical (unpaired) electrons. The Hall–Kier alpha value is -3.02. The molecule has 1 aliphatic rings. The Morgan fingerprint density at radius 3 is 2.52 bits per heavy atom. The molecule has 0 aliphatic carbocycles. The second-order valence-corrected chi connectivity index (χ2v) is 7.38. The fourth-order valence-electron chi connectivity index (χ4n) is 3.39. The number of esters is 1. The Morgan fingerprint density at radius 2 is 1.79 bits per heavy atom. The normalized spacial score (nSPS) is 24.7. The quantitative estimate of drug-likeness (QED) is 0.337. The smallest absolute Gasteiger partial charge is 0.325 e. The molecule has 0 aromatic heterocycles. The minimum Gasteiger partial charge on any atom is -0.465 e. The molecule has 10 heteroatoms. The van der Waals surface area contributed by atoms with Gasteiger partial charge in [-0.15, -0.1) is 0 Å². The van der Waals surface area contributed by atoms with Crippen LogP contribution in [0.1, 0.15) is 17.3 Å². The number of hydrogen-bond acceptors (Lipinski definition) is 9. The lowest BCUT2D eigenvalue weighted by Gasteiger charge is -2.39. The number of benzene rings is 2. The van der Waals surface area contributed by atoms with Crippen molar-refractivity contribution >= 4 is 11.9 Å². The summed E-state index contributed by atoms with van der Waals surface area (Å²) in [5.74, 6) is -0.719. The van der Waals surface area contributed by atoms with Gasteiger partial charge in [-0.3, -0.25) is 9.59 Å². The number of amides is 1. The van der Waals surface area contributed by atoms with E-state index in [1.165, 1.54) is 0 Å². The SMILES string of the molecule is CCOC(=O)CNC(=O)c1cccc(-c2ccccc2O[C@H]2O[C@H](CO)[C@@H](O)[C@H](O)[C@@H]2O)c1. The van der Waals surface area contributed by atoms with E-state index >= 15 is 0 Å². The number of aliphatic hydroxyl groups is 4. The molecule has 1 heterocycles. The summed E-state index contributed by atoms with van der Waals surface area (Å²) in [6.45, 7) is 1.06. The van der Waals surface area contributed by atoms with E-state index in [9.17, 15) is 30.0 Å². The van der Waals surface area contributed by atoms with Crippen LogP contribution in [0.4, 0.5) is 0 Å². The minimum atomic E-state index is -1.57. The molecule has 3 rings (SSSR count). The molecule has 5 atom stereocenters. The van der Waals surface area contributed by atoms with Crippen molar-refractivity contribution in [1.29, 1.82) is 0 Å². The average molecular weight is 461 g/mol. The predicted molar refractivity (Wildman–Crippen MR) is 115 cm³/mol. The summed E-state index contributed by atoms with van der Waals surface area (Å²) in [6.07, 6.45) is -7.08. The van der Waals surface area contributed by atoms with Crippen molar-refractivity contribution in [3.63, 3.8) is 0 Å².